The first-order chi connectivity index (χ1) is 13.5. The number of carbonyl (C=O) groups excluding carboxylic acids is 3. The molecule has 1 atom stereocenters. The van der Waals surface area contributed by atoms with Crippen LogP contribution in [0.5, 0.6) is 0 Å². The molecule has 3 amide bonds. The molecular weight excluding hydrogens is 354 g/mol. The Labute approximate surface area is 164 Å². The molecule has 0 aromatic heterocycles. The zero-order valence-corrected chi connectivity index (χ0v) is 16.2. The van der Waals surface area contributed by atoms with Crippen LogP contribution in [0.1, 0.15) is 38.7 Å². The summed E-state index contributed by atoms with van der Waals surface area (Å²) in [6.07, 6.45) is 3.36. The van der Waals surface area contributed by atoms with Gasteiger partial charge in [-0.3, -0.25) is 14.4 Å². The van der Waals surface area contributed by atoms with Crippen molar-refractivity contribution in [3.05, 3.63) is 54.1 Å². The fourth-order valence-electron chi connectivity index (χ4n) is 3.26. The maximum absolute atomic E-state index is 12.8. The van der Waals surface area contributed by atoms with E-state index < -0.39 is 6.04 Å². The van der Waals surface area contributed by atoms with E-state index in [1.807, 2.05) is 24.3 Å². The standard InChI is InChI=1S/C22H25N3O3/c1-3-4-5-16-6-12-19(13-7-16)25-21(27)14-20(22(25)28)24-18-10-8-17(9-11-18)23-15(2)26/h6-13,20,24H,3-5,14H2,1-2H3,(H,23,26)/t20-/m0/s1. The van der Waals surface area contributed by atoms with Crippen LogP contribution in [0.25, 0.3) is 0 Å². The molecule has 1 fully saturated rings. The monoisotopic (exact) mass is 379 g/mol. The topological polar surface area (TPSA) is 78.5 Å². The number of benzene rings is 2. The third kappa shape index (κ3) is 4.57. The summed E-state index contributed by atoms with van der Waals surface area (Å²) in [6, 6.07) is 14.1. The number of amides is 3. The maximum atomic E-state index is 12.8. The van der Waals surface area contributed by atoms with Crippen LogP contribution in [0, 0.1) is 0 Å². The normalized spacial score (nSPS) is 16.4. The van der Waals surface area contributed by atoms with E-state index in [4.69, 9.17) is 0 Å². The van der Waals surface area contributed by atoms with Gasteiger partial charge < -0.3 is 10.6 Å². The highest BCUT2D eigenvalue weighted by molar-refractivity contribution is 6.23. The Morgan fingerprint density at radius 3 is 2.29 bits per heavy atom. The average Bonchev–Trinajstić information content (AvgIpc) is 2.95. The smallest absolute Gasteiger partial charge is 0.256 e. The zero-order valence-electron chi connectivity index (χ0n) is 16.2. The Morgan fingerprint density at radius 2 is 1.68 bits per heavy atom. The summed E-state index contributed by atoms with van der Waals surface area (Å²) < 4.78 is 0. The molecule has 0 bridgehead atoms. The molecular formula is C22H25N3O3. The van der Waals surface area contributed by atoms with E-state index in [1.165, 1.54) is 17.4 Å². The maximum Gasteiger partial charge on any atom is 0.256 e. The van der Waals surface area contributed by atoms with Crippen molar-refractivity contribution < 1.29 is 14.4 Å². The van der Waals surface area contributed by atoms with E-state index in [1.54, 1.807) is 24.3 Å². The van der Waals surface area contributed by atoms with E-state index in [0.29, 0.717) is 11.4 Å². The predicted molar refractivity (Wildman–Crippen MR) is 110 cm³/mol. The summed E-state index contributed by atoms with van der Waals surface area (Å²) in [5.41, 5.74) is 3.22. The van der Waals surface area contributed by atoms with E-state index >= 15 is 0 Å². The molecule has 6 heteroatoms. The van der Waals surface area contributed by atoms with Gasteiger partial charge >= 0.3 is 0 Å². The summed E-state index contributed by atoms with van der Waals surface area (Å²) in [7, 11) is 0. The van der Waals surface area contributed by atoms with Crippen LogP contribution in [-0.4, -0.2) is 23.8 Å². The van der Waals surface area contributed by atoms with Gasteiger partial charge in [0.2, 0.25) is 11.8 Å². The van der Waals surface area contributed by atoms with Gasteiger partial charge in [0.25, 0.3) is 5.91 Å². The van der Waals surface area contributed by atoms with Crippen LogP contribution in [0.2, 0.25) is 0 Å². The Hall–Kier alpha value is -3.15. The van der Waals surface area contributed by atoms with Crippen molar-refractivity contribution in [1.82, 2.24) is 0 Å². The minimum Gasteiger partial charge on any atom is -0.373 e. The summed E-state index contributed by atoms with van der Waals surface area (Å²) >= 11 is 0. The largest absolute Gasteiger partial charge is 0.373 e. The van der Waals surface area contributed by atoms with Gasteiger partial charge in [0.15, 0.2) is 0 Å². The molecule has 1 aliphatic rings. The number of anilines is 3. The van der Waals surface area contributed by atoms with E-state index in [0.717, 1.165) is 24.9 Å². The molecule has 1 aliphatic heterocycles. The third-order valence-electron chi connectivity index (χ3n) is 4.71. The number of hydrogen-bond acceptors (Lipinski definition) is 4. The first-order valence-electron chi connectivity index (χ1n) is 9.58. The van der Waals surface area contributed by atoms with Gasteiger partial charge in [0, 0.05) is 18.3 Å². The minimum atomic E-state index is -0.598. The van der Waals surface area contributed by atoms with Crippen LogP contribution < -0.4 is 15.5 Å². The molecule has 0 unspecified atom stereocenters. The van der Waals surface area contributed by atoms with Gasteiger partial charge in [-0.25, -0.2) is 4.90 Å². The highest BCUT2D eigenvalue weighted by Crippen LogP contribution is 2.26. The van der Waals surface area contributed by atoms with Crippen LogP contribution in [0.15, 0.2) is 48.5 Å². The fraction of sp³-hybridized carbons (Fsp3) is 0.318. The SMILES string of the molecule is CCCCc1ccc(N2C(=O)C[C@H](Nc3ccc(NC(C)=O)cc3)C2=O)cc1. The summed E-state index contributed by atoms with van der Waals surface area (Å²) in [4.78, 5) is 37.6. The number of rotatable bonds is 7. The lowest BCUT2D eigenvalue weighted by molar-refractivity contribution is -0.121. The molecule has 1 saturated heterocycles. The van der Waals surface area contributed by atoms with Crippen molar-refractivity contribution >= 4 is 34.8 Å². The van der Waals surface area contributed by atoms with Crippen LogP contribution in [0.3, 0.4) is 0 Å². The minimum absolute atomic E-state index is 0.115. The number of nitrogens with one attached hydrogen (secondary N) is 2. The number of carbonyl (C=O) groups is 3. The highest BCUT2D eigenvalue weighted by atomic mass is 16.2. The molecule has 0 spiro atoms. The Morgan fingerprint density at radius 1 is 1.04 bits per heavy atom. The molecule has 0 aliphatic carbocycles. The summed E-state index contributed by atoms with van der Waals surface area (Å²) in [6.45, 7) is 3.59. The van der Waals surface area contributed by atoms with Crippen LogP contribution in [0.4, 0.5) is 17.1 Å². The van der Waals surface area contributed by atoms with Gasteiger partial charge in [0.1, 0.15) is 6.04 Å². The molecule has 0 radical (unpaired) electrons. The van der Waals surface area contributed by atoms with Crippen molar-refractivity contribution in [3.63, 3.8) is 0 Å². The molecule has 6 nitrogen and oxygen atoms in total. The van der Waals surface area contributed by atoms with Crippen LogP contribution >= 0.6 is 0 Å². The second-order valence-electron chi connectivity index (χ2n) is 7.00. The molecule has 28 heavy (non-hydrogen) atoms. The van der Waals surface area contributed by atoms with Crippen molar-refractivity contribution in [2.45, 2.75) is 45.6 Å². The molecule has 2 aromatic rings. The third-order valence-corrected chi connectivity index (χ3v) is 4.71. The van der Waals surface area contributed by atoms with E-state index in [-0.39, 0.29) is 24.1 Å². The van der Waals surface area contributed by atoms with Gasteiger partial charge in [0.05, 0.1) is 12.1 Å². The number of hydrogen-bond donors (Lipinski definition) is 2. The molecule has 2 aromatic carbocycles. The van der Waals surface area contributed by atoms with Gasteiger partial charge in [-0.05, 0) is 54.8 Å². The number of aryl methyl sites for hydroxylation is 1. The van der Waals surface area contributed by atoms with Gasteiger partial charge in [-0.1, -0.05) is 25.5 Å². The van der Waals surface area contributed by atoms with Gasteiger partial charge in [-0.15, -0.1) is 0 Å². The lowest BCUT2D eigenvalue weighted by atomic mass is 10.1. The predicted octanol–water partition coefficient (Wildman–Crippen LogP) is 3.73. The molecule has 146 valence electrons. The first-order valence-corrected chi connectivity index (χ1v) is 9.58. The number of imide groups is 1. The quantitative estimate of drug-likeness (QED) is 0.719. The summed E-state index contributed by atoms with van der Waals surface area (Å²) in [5.74, 6) is -0.607. The van der Waals surface area contributed by atoms with Crippen molar-refractivity contribution in [3.8, 4) is 0 Å². The second-order valence-corrected chi connectivity index (χ2v) is 7.00. The van der Waals surface area contributed by atoms with E-state index in [9.17, 15) is 14.4 Å². The van der Waals surface area contributed by atoms with E-state index in [2.05, 4.69) is 17.6 Å². The lowest BCUT2D eigenvalue weighted by Gasteiger charge is -2.17. The fourth-order valence-corrected chi connectivity index (χ4v) is 3.26. The zero-order chi connectivity index (χ0) is 20.1. The summed E-state index contributed by atoms with van der Waals surface area (Å²) in [5, 5.41) is 5.81. The molecule has 0 saturated carbocycles. The molecule has 3 rings (SSSR count). The highest BCUT2D eigenvalue weighted by Gasteiger charge is 2.39. The van der Waals surface area contributed by atoms with Crippen molar-refractivity contribution in [2.24, 2.45) is 0 Å². The molecule has 2 N–H and O–H groups in total. The Bertz CT molecular complexity index is 860. The average molecular weight is 379 g/mol. The lowest BCUT2D eigenvalue weighted by Crippen LogP contribution is -2.34. The number of unbranched alkanes of at least 4 members (excludes halogenated alkanes) is 1. The Balaban J connectivity index is 1.67. The Kier molecular flexibility index (Phi) is 6.09. The van der Waals surface area contributed by atoms with Crippen molar-refractivity contribution in [2.75, 3.05) is 15.5 Å². The number of nitrogens with zero attached hydrogens (tertiary/aromatic N) is 1. The second kappa shape index (κ2) is 8.69. The first kappa shape index (κ1) is 19.6. The van der Waals surface area contributed by atoms with Crippen molar-refractivity contribution in [1.29, 1.82) is 0 Å². The van der Waals surface area contributed by atoms with Crippen LogP contribution in [-0.2, 0) is 20.8 Å². The van der Waals surface area contributed by atoms with Gasteiger partial charge in [-0.2, -0.15) is 0 Å². The molecule has 1 heterocycles.